The fourth-order valence-electron chi connectivity index (χ4n) is 11.6. The summed E-state index contributed by atoms with van der Waals surface area (Å²) >= 11 is 0. The molecule has 0 aliphatic carbocycles. The number of para-hydroxylation sites is 1. The topological polar surface area (TPSA) is 317 Å². The lowest BCUT2D eigenvalue weighted by Crippen LogP contribution is -2.62. The van der Waals surface area contributed by atoms with Crippen LogP contribution in [0.4, 0.5) is 0 Å². The Balaban J connectivity index is 0.000000409. The largest absolute Gasteiger partial charge is 0.466 e. The van der Waals surface area contributed by atoms with E-state index in [1.807, 2.05) is 37.3 Å². The van der Waals surface area contributed by atoms with Crippen LogP contribution in [0.3, 0.4) is 0 Å². The number of hydrogen-bond acceptors (Lipinski definition) is 20. The van der Waals surface area contributed by atoms with Gasteiger partial charge in [-0.15, -0.1) is 0 Å². The lowest BCUT2D eigenvalue weighted by molar-refractivity contribution is -0.348. The first-order chi connectivity index (χ1) is 42.6. The molecule has 5 heterocycles. The molecule has 22 heteroatoms. The number of aryl methyl sites for hydroxylation is 1. The van der Waals surface area contributed by atoms with Crippen LogP contribution in [-0.2, 0) is 79.6 Å². The van der Waals surface area contributed by atoms with Gasteiger partial charge in [0.1, 0.15) is 12.2 Å². The molecule has 6 bridgehead atoms. The highest BCUT2D eigenvalue weighted by atomic mass is 16.7. The van der Waals surface area contributed by atoms with E-state index in [1.54, 1.807) is 57.5 Å². The number of carbonyl (C=O) groups excluding carboxylic acids is 6. The monoisotopic (exact) mass is 1250 g/mol. The average Bonchev–Trinajstić information content (AvgIpc) is 0.947. The Morgan fingerprint density at radius 3 is 2.23 bits per heavy atom. The van der Waals surface area contributed by atoms with Crippen LogP contribution in [0.15, 0.2) is 114 Å². The number of aromatic nitrogens is 1. The molecule has 492 valence electrons. The smallest absolute Gasteiger partial charge is 0.331 e. The van der Waals surface area contributed by atoms with Crippen LogP contribution in [0.5, 0.6) is 0 Å². The number of nitrogens with one attached hydrogen (secondary N) is 3. The molecule has 3 fully saturated rings. The number of ether oxygens (including phenoxy) is 8. The molecule has 8 N–H and O–H groups in total. The third-order valence-corrected chi connectivity index (χ3v) is 16.8. The highest BCUT2D eigenvalue weighted by Crippen LogP contribution is 2.50. The van der Waals surface area contributed by atoms with Gasteiger partial charge < -0.3 is 68.6 Å². The SMILES string of the molecule is CCC/C=C/C=C/C(=O)O[C@H]1/C(=C/C(=O)OC)C[C@H]2C[C@H]([C@@H](C)O)OC(=O)C[C@H](O)C[C@@H]3C[C@H](OC(C)=O)C(C)(C)[C@](O)(C[C@@H]4C/C(=C/C(=O)OC)CC(/C=C\C(C)(C)[C@]1(O)O2)O4)O3.Cc1[nH]c2ccccc2c1CCNCc1ccc(/C=C/C(=O)NO)cc1. The second-order valence-corrected chi connectivity index (χ2v) is 24.5. The average molecular weight is 1250 g/mol. The molecule has 0 spiro atoms. The van der Waals surface area contributed by atoms with E-state index in [0.717, 1.165) is 57.2 Å². The summed E-state index contributed by atoms with van der Waals surface area (Å²) in [6, 6.07) is 16.4. The van der Waals surface area contributed by atoms with Crippen LogP contribution in [-0.4, -0.2) is 154 Å². The molecule has 22 nitrogen and oxygen atoms in total. The molecule has 11 atom stereocenters. The maximum atomic E-state index is 13.4. The lowest BCUT2D eigenvalue weighted by Gasteiger charge is -2.53. The number of esters is 5. The van der Waals surface area contributed by atoms with Gasteiger partial charge in [0.15, 0.2) is 11.9 Å². The van der Waals surface area contributed by atoms with Crippen molar-refractivity contribution in [1.82, 2.24) is 15.8 Å². The van der Waals surface area contributed by atoms with Gasteiger partial charge in [-0.1, -0.05) is 119 Å². The second-order valence-electron chi connectivity index (χ2n) is 24.5. The number of aromatic amines is 1. The van der Waals surface area contributed by atoms with Gasteiger partial charge in [0.05, 0.1) is 62.7 Å². The number of hydrogen-bond donors (Lipinski definition) is 8. The van der Waals surface area contributed by atoms with Crippen LogP contribution < -0.4 is 10.8 Å². The standard InChI is InChI=1S/C47H68O17.C21H23N3O2/c1-10-11-12-13-14-15-39(51)62-43-31(22-41(53)58-9)21-34-25-37(28(2)48)61-42(54)24-32(50)23-35-26-38(59-29(3)49)45(6,7)46(55,63-35)27-36-19-30(20-40(52)57-8)18-33(60-36)16-17-44(4,5)47(43,56)64-34;1-15-18(19-4-2-3-5-20(19)23-15)12-13-22-14-17-8-6-16(7-9-17)10-11-21(25)24-26/h12-17,20,22,28,32-38,43,48,50,55-56H,10-11,18-19,21,23-27H2,1-9H3;2-11,22-23,26H,12-14H2,1H3,(H,24,25)/b13-12+,15-14+,17-16-,30-20+,31-22+;11-10+/t28-,32-,33?,34+,35-,36+,37-,38+,43+,46+,47-;/m1./s1. The number of amides is 1. The van der Waals surface area contributed by atoms with Crippen LogP contribution >= 0.6 is 0 Å². The zero-order chi connectivity index (χ0) is 66.0. The van der Waals surface area contributed by atoms with E-state index >= 15 is 0 Å². The summed E-state index contributed by atoms with van der Waals surface area (Å²) in [6.07, 6.45) is 6.48. The number of cyclic esters (lactones) is 1. The molecule has 0 radical (unpaired) electrons. The summed E-state index contributed by atoms with van der Waals surface area (Å²) in [7, 11) is 2.40. The molecule has 4 aliphatic heterocycles. The van der Waals surface area contributed by atoms with Crippen molar-refractivity contribution in [3.63, 3.8) is 0 Å². The van der Waals surface area contributed by atoms with Crippen molar-refractivity contribution in [2.24, 2.45) is 10.8 Å². The van der Waals surface area contributed by atoms with Crippen molar-refractivity contribution in [3.8, 4) is 0 Å². The van der Waals surface area contributed by atoms with Gasteiger partial charge >= 0.3 is 29.8 Å². The molecule has 1 unspecified atom stereocenters. The maximum absolute atomic E-state index is 13.4. The van der Waals surface area contributed by atoms with E-state index in [4.69, 9.17) is 43.1 Å². The Bertz CT molecular complexity index is 3140. The summed E-state index contributed by atoms with van der Waals surface area (Å²) < 4.78 is 46.7. The number of H-pyrrole nitrogens is 1. The van der Waals surface area contributed by atoms with Gasteiger partial charge in [-0.25, -0.2) is 19.9 Å². The van der Waals surface area contributed by atoms with Gasteiger partial charge in [-0.2, -0.15) is 0 Å². The lowest BCUT2D eigenvalue weighted by atomic mass is 9.70. The number of methoxy groups -OCH3 is 2. The summed E-state index contributed by atoms with van der Waals surface area (Å²) in [6.45, 7) is 15.0. The summed E-state index contributed by atoms with van der Waals surface area (Å²) in [5.41, 5.74) is 5.40. The molecular formula is C68H91N3O19. The Labute approximate surface area is 526 Å². The molecule has 3 aromatic rings. The number of unbranched alkanes of at least 4 members (excludes halogenated alkanes) is 1. The van der Waals surface area contributed by atoms with Crippen LogP contribution in [0, 0.1) is 17.8 Å². The van der Waals surface area contributed by atoms with Crippen LogP contribution in [0.25, 0.3) is 17.0 Å². The second kappa shape index (κ2) is 32.8. The van der Waals surface area contributed by atoms with Crippen molar-refractivity contribution < 1.29 is 92.3 Å². The minimum absolute atomic E-state index is 0.0721. The van der Waals surface area contributed by atoms with Crippen LogP contribution in [0.1, 0.15) is 135 Å². The zero-order valence-electron chi connectivity index (χ0n) is 53.2. The minimum Gasteiger partial charge on any atom is -0.466 e. The molecule has 2 aromatic carbocycles. The van der Waals surface area contributed by atoms with E-state index in [0.29, 0.717) is 5.57 Å². The highest BCUT2D eigenvalue weighted by molar-refractivity contribution is 5.91. The number of hydroxylamine groups is 1. The number of fused-ring (bicyclic) bond motifs is 7. The third-order valence-electron chi connectivity index (χ3n) is 16.8. The Morgan fingerprint density at radius 2 is 1.56 bits per heavy atom. The Morgan fingerprint density at radius 1 is 0.844 bits per heavy atom. The maximum Gasteiger partial charge on any atom is 0.331 e. The number of benzene rings is 2. The number of allylic oxidation sites excluding steroid dienone is 3. The van der Waals surface area contributed by atoms with Gasteiger partial charge in [0, 0.05) is 85.5 Å². The number of aliphatic hydroxyl groups is 4. The molecule has 7 rings (SSSR count). The van der Waals surface area contributed by atoms with Crippen molar-refractivity contribution in [2.75, 3.05) is 20.8 Å². The van der Waals surface area contributed by atoms with Gasteiger partial charge in [-0.05, 0) is 86.9 Å². The predicted octanol–water partition coefficient (Wildman–Crippen LogP) is 7.61. The fraction of sp³-hybridized carbons (Fsp3) is 0.529. The van der Waals surface area contributed by atoms with E-state index < -0.39 is 120 Å². The third kappa shape index (κ3) is 19.7. The van der Waals surface area contributed by atoms with Crippen LogP contribution in [0.2, 0.25) is 0 Å². The van der Waals surface area contributed by atoms with E-state index in [2.05, 4.69) is 41.5 Å². The molecule has 4 aliphatic rings. The van der Waals surface area contributed by atoms with Crippen molar-refractivity contribution >= 4 is 52.7 Å². The number of aliphatic hydroxyl groups excluding tert-OH is 2. The Hall–Kier alpha value is -7.12. The normalized spacial score (nSPS) is 28.7. The van der Waals surface area contributed by atoms with Gasteiger partial charge in [-0.3, -0.25) is 19.6 Å². The first-order valence-electron chi connectivity index (χ1n) is 30.6. The molecular weight excluding hydrogens is 1160 g/mol. The molecule has 0 saturated carbocycles. The van der Waals surface area contributed by atoms with Crippen molar-refractivity contribution in [3.05, 3.63) is 137 Å². The van der Waals surface area contributed by atoms with E-state index in [-0.39, 0.29) is 50.5 Å². The number of rotatable bonds is 16. The fourth-order valence-corrected chi connectivity index (χ4v) is 11.6. The quantitative estimate of drug-likeness (QED) is 0.01000. The first-order valence-corrected chi connectivity index (χ1v) is 30.6. The first kappa shape index (κ1) is 71.9. The van der Waals surface area contributed by atoms with E-state index in [9.17, 15) is 49.2 Å². The minimum atomic E-state index is -2.47. The van der Waals surface area contributed by atoms with Gasteiger partial charge in [0.25, 0.3) is 5.91 Å². The number of carbonyl (C=O) groups is 6. The molecule has 1 amide bonds. The highest BCUT2D eigenvalue weighted by Gasteiger charge is 2.59. The predicted molar refractivity (Wildman–Crippen MR) is 332 cm³/mol. The molecule has 3 saturated heterocycles. The van der Waals surface area contributed by atoms with E-state index in [1.165, 1.54) is 66.9 Å². The Kier molecular flexibility index (Phi) is 26.2. The zero-order valence-corrected chi connectivity index (χ0v) is 53.2. The molecule has 90 heavy (non-hydrogen) atoms. The molecule has 1 aromatic heterocycles. The van der Waals surface area contributed by atoms with Crippen molar-refractivity contribution in [1.29, 1.82) is 0 Å². The summed E-state index contributed by atoms with van der Waals surface area (Å²) in [5.74, 6) is -8.85. The summed E-state index contributed by atoms with van der Waals surface area (Å²) in [4.78, 5) is 79.1. The van der Waals surface area contributed by atoms with Gasteiger partial charge in [0.2, 0.25) is 5.79 Å². The summed E-state index contributed by atoms with van der Waals surface area (Å²) in [5, 5.41) is 60.8. The van der Waals surface area contributed by atoms with Crippen molar-refractivity contribution in [2.45, 2.75) is 199 Å².